The second kappa shape index (κ2) is 5.47. The molecular formula is C17H17FN2. The SMILES string of the molecule is C[C@H](NCc1cccc2cc[nH]c12)c1ccc(F)cc1. The van der Waals surface area contributed by atoms with Gasteiger partial charge in [-0.1, -0.05) is 30.3 Å². The van der Waals surface area contributed by atoms with Crippen LogP contribution in [-0.2, 0) is 6.54 Å². The third-order valence-corrected chi connectivity index (χ3v) is 3.64. The largest absolute Gasteiger partial charge is 0.361 e. The number of nitrogens with one attached hydrogen (secondary N) is 2. The number of halogens is 1. The van der Waals surface area contributed by atoms with Crippen LogP contribution in [0.1, 0.15) is 24.1 Å². The summed E-state index contributed by atoms with van der Waals surface area (Å²) in [6, 6.07) is 15.2. The van der Waals surface area contributed by atoms with Crippen molar-refractivity contribution < 1.29 is 4.39 Å². The van der Waals surface area contributed by atoms with Crippen LogP contribution in [0, 0.1) is 5.82 Å². The molecule has 2 N–H and O–H groups in total. The molecule has 0 unspecified atom stereocenters. The van der Waals surface area contributed by atoms with E-state index in [-0.39, 0.29) is 11.9 Å². The van der Waals surface area contributed by atoms with Crippen molar-refractivity contribution in [2.75, 3.05) is 0 Å². The predicted octanol–water partition coefficient (Wildman–Crippen LogP) is 4.16. The van der Waals surface area contributed by atoms with Gasteiger partial charge >= 0.3 is 0 Å². The van der Waals surface area contributed by atoms with E-state index in [1.807, 2.05) is 18.3 Å². The first-order valence-electron chi connectivity index (χ1n) is 6.78. The smallest absolute Gasteiger partial charge is 0.123 e. The van der Waals surface area contributed by atoms with Gasteiger partial charge in [0.05, 0.1) is 0 Å². The lowest BCUT2D eigenvalue weighted by molar-refractivity contribution is 0.572. The third-order valence-electron chi connectivity index (χ3n) is 3.64. The number of benzene rings is 2. The molecule has 0 amide bonds. The summed E-state index contributed by atoms with van der Waals surface area (Å²) in [6.07, 6.45) is 1.96. The molecule has 1 heterocycles. The lowest BCUT2D eigenvalue weighted by atomic mass is 10.1. The summed E-state index contributed by atoms with van der Waals surface area (Å²) in [5, 5.41) is 4.70. The molecule has 3 aromatic rings. The minimum absolute atomic E-state index is 0.181. The lowest BCUT2D eigenvalue weighted by Gasteiger charge is -2.14. The van der Waals surface area contributed by atoms with Crippen molar-refractivity contribution in [3.8, 4) is 0 Å². The molecule has 1 atom stereocenters. The number of para-hydroxylation sites is 1. The van der Waals surface area contributed by atoms with E-state index in [1.54, 1.807) is 0 Å². The Morgan fingerprint density at radius 2 is 1.90 bits per heavy atom. The summed E-state index contributed by atoms with van der Waals surface area (Å²) in [6.45, 7) is 2.86. The van der Waals surface area contributed by atoms with Crippen LogP contribution in [0.4, 0.5) is 4.39 Å². The van der Waals surface area contributed by atoms with Crippen molar-refractivity contribution in [2.45, 2.75) is 19.5 Å². The van der Waals surface area contributed by atoms with Crippen molar-refractivity contribution >= 4 is 10.9 Å². The van der Waals surface area contributed by atoms with Gasteiger partial charge in [0.2, 0.25) is 0 Å². The molecular weight excluding hydrogens is 251 g/mol. The Morgan fingerprint density at radius 1 is 1.10 bits per heavy atom. The molecule has 2 aromatic carbocycles. The van der Waals surface area contributed by atoms with Gasteiger partial charge in [-0.15, -0.1) is 0 Å². The van der Waals surface area contributed by atoms with Crippen LogP contribution >= 0.6 is 0 Å². The molecule has 3 rings (SSSR count). The minimum Gasteiger partial charge on any atom is -0.361 e. The minimum atomic E-state index is -0.197. The highest BCUT2D eigenvalue weighted by Crippen LogP contribution is 2.18. The maximum Gasteiger partial charge on any atom is 0.123 e. The summed E-state index contributed by atoms with van der Waals surface area (Å²) in [5.74, 6) is -0.197. The Kier molecular flexibility index (Phi) is 3.52. The molecule has 20 heavy (non-hydrogen) atoms. The van der Waals surface area contributed by atoms with Crippen molar-refractivity contribution in [2.24, 2.45) is 0 Å². The zero-order valence-corrected chi connectivity index (χ0v) is 11.4. The fourth-order valence-electron chi connectivity index (χ4n) is 2.43. The quantitative estimate of drug-likeness (QED) is 0.730. The van der Waals surface area contributed by atoms with E-state index in [0.29, 0.717) is 0 Å². The maximum absolute atomic E-state index is 12.9. The van der Waals surface area contributed by atoms with Crippen LogP contribution in [0.3, 0.4) is 0 Å². The molecule has 0 saturated heterocycles. The van der Waals surface area contributed by atoms with E-state index in [9.17, 15) is 4.39 Å². The van der Waals surface area contributed by atoms with Gasteiger partial charge in [0.1, 0.15) is 5.82 Å². The summed E-state index contributed by atoms with van der Waals surface area (Å²) in [5.41, 5.74) is 3.50. The summed E-state index contributed by atoms with van der Waals surface area (Å²) < 4.78 is 12.9. The second-order valence-corrected chi connectivity index (χ2v) is 5.01. The van der Waals surface area contributed by atoms with Gasteiger partial charge in [-0.25, -0.2) is 4.39 Å². The molecule has 0 saturated carbocycles. The highest BCUT2D eigenvalue weighted by Gasteiger charge is 2.07. The molecule has 0 fully saturated rings. The number of H-pyrrole nitrogens is 1. The average molecular weight is 268 g/mol. The van der Waals surface area contributed by atoms with Gasteiger partial charge < -0.3 is 10.3 Å². The Hall–Kier alpha value is -2.13. The van der Waals surface area contributed by atoms with Gasteiger partial charge in [0.15, 0.2) is 0 Å². The molecule has 0 aliphatic carbocycles. The molecule has 102 valence electrons. The Bertz CT molecular complexity index is 700. The van der Waals surface area contributed by atoms with E-state index in [1.165, 1.54) is 28.6 Å². The summed E-state index contributed by atoms with van der Waals surface area (Å²) in [7, 11) is 0. The van der Waals surface area contributed by atoms with Crippen molar-refractivity contribution in [1.29, 1.82) is 0 Å². The summed E-state index contributed by atoms with van der Waals surface area (Å²) >= 11 is 0. The third kappa shape index (κ3) is 2.58. The van der Waals surface area contributed by atoms with E-state index in [0.717, 1.165) is 12.1 Å². The molecule has 2 nitrogen and oxygen atoms in total. The molecule has 0 spiro atoms. The van der Waals surface area contributed by atoms with Crippen LogP contribution in [0.15, 0.2) is 54.7 Å². The van der Waals surface area contributed by atoms with E-state index >= 15 is 0 Å². The van der Waals surface area contributed by atoms with E-state index < -0.39 is 0 Å². The predicted molar refractivity (Wildman–Crippen MR) is 80.0 cm³/mol. The van der Waals surface area contributed by atoms with Crippen LogP contribution in [0.5, 0.6) is 0 Å². The Labute approximate surface area is 117 Å². The van der Waals surface area contributed by atoms with Gasteiger partial charge in [-0.2, -0.15) is 0 Å². The highest BCUT2D eigenvalue weighted by molar-refractivity contribution is 5.82. The Balaban J connectivity index is 1.73. The molecule has 1 aromatic heterocycles. The lowest BCUT2D eigenvalue weighted by Crippen LogP contribution is -2.18. The second-order valence-electron chi connectivity index (χ2n) is 5.01. The van der Waals surface area contributed by atoms with Crippen molar-refractivity contribution in [3.63, 3.8) is 0 Å². The van der Waals surface area contributed by atoms with Gasteiger partial charge in [-0.3, -0.25) is 0 Å². The monoisotopic (exact) mass is 268 g/mol. The maximum atomic E-state index is 12.9. The first-order chi connectivity index (χ1) is 9.74. The fourth-order valence-corrected chi connectivity index (χ4v) is 2.43. The zero-order chi connectivity index (χ0) is 13.9. The number of aromatic amines is 1. The fraction of sp³-hybridized carbons (Fsp3) is 0.176. The topological polar surface area (TPSA) is 27.8 Å². The van der Waals surface area contributed by atoms with Crippen LogP contribution in [0.2, 0.25) is 0 Å². The van der Waals surface area contributed by atoms with Gasteiger partial charge in [-0.05, 0) is 41.6 Å². The van der Waals surface area contributed by atoms with Crippen LogP contribution in [-0.4, -0.2) is 4.98 Å². The highest BCUT2D eigenvalue weighted by atomic mass is 19.1. The average Bonchev–Trinajstić information content (AvgIpc) is 2.94. The van der Waals surface area contributed by atoms with Crippen molar-refractivity contribution in [1.82, 2.24) is 10.3 Å². The standard InChI is InChI=1S/C17H17FN2/c1-12(13-5-7-16(18)8-6-13)20-11-15-4-2-3-14-9-10-19-17(14)15/h2-10,12,19-20H,11H2,1H3/t12-/m0/s1. The van der Waals surface area contributed by atoms with Gasteiger partial charge in [0.25, 0.3) is 0 Å². The number of aromatic nitrogens is 1. The number of hydrogen-bond acceptors (Lipinski definition) is 1. The zero-order valence-electron chi connectivity index (χ0n) is 11.4. The number of fused-ring (bicyclic) bond motifs is 1. The van der Waals surface area contributed by atoms with Crippen LogP contribution < -0.4 is 5.32 Å². The van der Waals surface area contributed by atoms with Crippen LogP contribution in [0.25, 0.3) is 10.9 Å². The molecule has 0 aliphatic heterocycles. The summed E-state index contributed by atoms with van der Waals surface area (Å²) in [4.78, 5) is 3.27. The molecule has 0 aliphatic rings. The van der Waals surface area contributed by atoms with Gasteiger partial charge in [0, 0.05) is 24.3 Å². The normalized spacial score (nSPS) is 12.7. The van der Waals surface area contributed by atoms with E-state index in [4.69, 9.17) is 0 Å². The van der Waals surface area contributed by atoms with E-state index in [2.05, 4.69) is 41.5 Å². The molecule has 0 radical (unpaired) electrons. The number of rotatable bonds is 4. The number of hydrogen-bond donors (Lipinski definition) is 2. The first-order valence-corrected chi connectivity index (χ1v) is 6.78. The Morgan fingerprint density at radius 3 is 2.70 bits per heavy atom. The van der Waals surface area contributed by atoms with Crippen molar-refractivity contribution in [3.05, 3.63) is 71.7 Å². The molecule has 3 heteroatoms. The molecule has 0 bridgehead atoms. The first kappa shape index (κ1) is 12.9.